The van der Waals surface area contributed by atoms with Crippen LogP contribution in [0.1, 0.15) is 55.9 Å². The van der Waals surface area contributed by atoms with E-state index in [-0.39, 0.29) is 11.5 Å². The predicted octanol–water partition coefficient (Wildman–Crippen LogP) is 5.80. The Balaban J connectivity index is 2.15. The second-order valence-electron chi connectivity index (χ2n) is 9.35. The van der Waals surface area contributed by atoms with Crippen molar-refractivity contribution in [3.8, 4) is 11.8 Å². The van der Waals surface area contributed by atoms with Crippen LogP contribution in [0, 0.1) is 16.7 Å². The molecule has 0 amide bonds. The zero-order valence-electron chi connectivity index (χ0n) is 18.9. The van der Waals surface area contributed by atoms with Gasteiger partial charge < -0.3 is 13.9 Å². The molecule has 1 heterocycles. The van der Waals surface area contributed by atoms with Gasteiger partial charge >= 0.3 is 0 Å². The van der Waals surface area contributed by atoms with Gasteiger partial charge in [0, 0.05) is 0 Å². The minimum absolute atomic E-state index is 0.108. The monoisotopic (exact) mass is 422 g/mol. The maximum absolute atomic E-state index is 9.35. The van der Waals surface area contributed by atoms with E-state index in [0.717, 1.165) is 35.3 Å². The Bertz CT molecular complexity index is 911. The number of hydrogen-bond donors (Lipinski definition) is 0. The van der Waals surface area contributed by atoms with E-state index in [2.05, 4.69) is 58.1 Å². The van der Waals surface area contributed by atoms with Gasteiger partial charge in [0.15, 0.2) is 0 Å². The molecule has 0 fully saturated rings. The third-order valence-corrected chi connectivity index (χ3v) is 6.35. The molecular formula is C25H32NO3Si. The Labute approximate surface area is 182 Å². The molecule has 1 aliphatic rings. The highest BCUT2D eigenvalue weighted by Gasteiger charge is 2.49. The lowest BCUT2D eigenvalue weighted by atomic mass is 9.77. The molecule has 2 aromatic carbocycles. The summed E-state index contributed by atoms with van der Waals surface area (Å²) in [7, 11) is 0.709. The molecule has 2 unspecified atom stereocenters. The second kappa shape index (κ2) is 8.93. The summed E-state index contributed by atoms with van der Waals surface area (Å²) < 4.78 is 18.7. The largest absolute Gasteiger partial charge is 0.497 e. The van der Waals surface area contributed by atoms with Gasteiger partial charge in [0.1, 0.15) is 11.4 Å². The number of nitriles is 1. The van der Waals surface area contributed by atoms with E-state index >= 15 is 0 Å². The molecule has 0 saturated heterocycles. The van der Waals surface area contributed by atoms with Crippen molar-refractivity contribution >= 4 is 9.04 Å². The number of fused-ring (bicyclic) bond motifs is 1. The van der Waals surface area contributed by atoms with Gasteiger partial charge in [0.2, 0.25) is 9.04 Å². The van der Waals surface area contributed by atoms with E-state index < -0.39 is 14.6 Å². The van der Waals surface area contributed by atoms with Gasteiger partial charge in [-0.1, -0.05) is 39.0 Å². The zero-order valence-corrected chi connectivity index (χ0v) is 19.9. The fourth-order valence-electron chi connectivity index (χ4n) is 4.14. The van der Waals surface area contributed by atoms with Crippen LogP contribution >= 0.6 is 0 Å². The summed E-state index contributed by atoms with van der Waals surface area (Å²) in [6.45, 7) is 11.6. The smallest absolute Gasteiger partial charge is 0.205 e. The van der Waals surface area contributed by atoms with Crippen LogP contribution in [-0.2, 0) is 21.4 Å². The van der Waals surface area contributed by atoms with Crippen LogP contribution < -0.4 is 4.74 Å². The number of nitrogens with zero attached hydrogens (tertiary/aromatic N) is 1. The normalized spacial score (nSPS) is 19.4. The van der Waals surface area contributed by atoms with Gasteiger partial charge in [0.05, 0.1) is 31.5 Å². The third kappa shape index (κ3) is 4.62. The summed E-state index contributed by atoms with van der Waals surface area (Å²) >= 11 is 0. The summed E-state index contributed by atoms with van der Waals surface area (Å²) in [5, 5.41) is 9.35. The fraction of sp³-hybridized carbons (Fsp3) is 0.480. The maximum atomic E-state index is 9.35. The van der Waals surface area contributed by atoms with Gasteiger partial charge in [-0.15, -0.1) is 0 Å². The van der Waals surface area contributed by atoms with Crippen molar-refractivity contribution in [1.82, 2.24) is 0 Å². The van der Waals surface area contributed by atoms with E-state index in [9.17, 15) is 5.26 Å². The van der Waals surface area contributed by atoms with Gasteiger partial charge in [-0.2, -0.15) is 5.26 Å². The molecule has 3 rings (SSSR count). The van der Waals surface area contributed by atoms with Crippen LogP contribution in [0.3, 0.4) is 0 Å². The molecule has 0 aliphatic carbocycles. The number of rotatable bonds is 7. The molecular weight excluding hydrogens is 390 g/mol. The molecule has 30 heavy (non-hydrogen) atoms. The predicted molar refractivity (Wildman–Crippen MR) is 121 cm³/mol. The van der Waals surface area contributed by atoms with Crippen LogP contribution in [0.5, 0.6) is 5.75 Å². The summed E-state index contributed by atoms with van der Waals surface area (Å²) in [6, 6.07) is 16.3. The Hall–Kier alpha value is -2.13. The highest BCUT2D eigenvalue weighted by Crippen LogP contribution is 2.48. The topological polar surface area (TPSA) is 51.5 Å². The van der Waals surface area contributed by atoms with Gasteiger partial charge in [0.25, 0.3) is 0 Å². The molecule has 1 aliphatic heterocycles. The van der Waals surface area contributed by atoms with Crippen molar-refractivity contribution in [2.45, 2.75) is 65.0 Å². The molecule has 0 saturated carbocycles. The first-order valence-corrected chi connectivity index (χ1v) is 12.9. The molecule has 1 radical (unpaired) electrons. The third-order valence-electron chi connectivity index (χ3n) is 5.60. The van der Waals surface area contributed by atoms with E-state index in [1.165, 1.54) is 0 Å². The SMILES string of the molecule is COc1ccc(C2(C(CCC(C)(C)C)O[Si](C)C)OCc3cc(C#N)ccc32)cc1. The van der Waals surface area contributed by atoms with Gasteiger partial charge in [-0.3, -0.25) is 0 Å². The van der Waals surface area contributed by atoms with Crippen LogP contribution in [0.4, 0.5) is 0 Å². The first-order chi connectivity index (χ1) is 14.2. The average molecular weight is 423 g/mol. The minimum Gasteiger partial charge on any atom is -0.497 e. The average Bonchev–Trinajstić information content (AvgIpc) is 3.09. The molecule has 159 valence electrons. The first kappa shape index (κ1) is 22.5. The summed E-state index contributed by atoms with van der Waals surface area (Å²) in [6.07, 6.45) is 1.81. The summed E-state index contributed by atoms with van der Waals surface area (Å²) in [4.78, 5) is 0. The Morgan fingerprint density at radius 3 is 2.43 bits per heavy atom. The van der Waals surface area contributed by atoms with Crippen LogP contribution in [0.2, 0.25) is 13.1 Å². The molecule has 2 aromatic rings. The van der Waals surface area contributed by atoms with Crippen molar-refractivity contribution in [2.24, 2.45) is 5.41 Å². The van der Waals surface area contributed by atoms with Gasteiger partial charge in [-0.25, -0.2) is 0 Å². The molecule has 2 atom stereocenters. The first-order valence-electron chi connectivity index (χ1n) is 10.5. The standard InChI is InChI=1S/C25H32NO3Si/c1-24(2,3)14-13-23(29-30(5)6)25(20-8-10-21(27-4)11-9-20)22-12-7-18(16-26)15-19(22)17-28-25/h7-12,15,23H,13-14,17H2,1-6H3. The lowest BCUT2D eigenvalue weighted by Crippen LogP contribution is -2.44. The van der Waals surface area contributed by atoms with E-state index in [0.29, 0.717) is 12.2 Å². The summed E-state index contributed by atoms with van der Waals surface area (Å²) in [5.74, 6) is 0.815. The number of benzene rings is 2. The van der Waals surface area contributed by atoms with Crippen molar-refractivity contribution in [1.29, 1.82) is 5.26 Å². The Kier molecular flexibility index (Phi) is 6.71. The van der Waals surface area contributed by atoms with Crippen molar-refractivity contribution < 1.29 is 13.9 Å². The number of hydrogen-bond acceptors (Lipinski definition) is 4. The molecule has 0 aromatic heterocycles. The molecule has 4 nitrogen and oxygen atoms in total. The van der Waals surface area contributed by atoms with E-state index in [1.807, 2.05) is 24.3 Å². The molecule has 0 bridgehead atoms. The highest BCUT2D eigenvalue weighted by molar-refractivity contribution is 6.48. The molecule has 5 heteroatoms. The van der Waals surface area contributed by atoms with Crippen molar-refractivity contribution in [3.05, 3.63) is 64.7 Å². The lowest BCUT2D eigenvalue weighted by Gasteiger charge is -2.40. The number of ether oxygens (including phenoxy) is 2. The van der Waals surface area contributed by atoms with E-state index in [4.69, 9.17) is 13.9 Å². The van der Waals surface area contributed by atoms with E-state index in [1.54, 1.807) is 7.11 Å². The Morgan fingerprint density at radius 2 is 1.87 bits per heavy atom. The second-order valence-corrected chi connectivity index (χ2v) is 11.4. The maximum Gasteiger partial charge on any atom is 0.205 e. The minimum atomic E-state index is -0.966. The van der Waals surface area contributed by atoms with Crippen LogP contribution in [0.25, 0.3) is 0 Å². The number of methoxy groups -OCH3 is 1. The quantitative estimate of drug-likeness (QED) is 0.529. The zero-order chi connectivity index (χ0) is 21.9. The van der Waals surface area contributed by atoms with Crippen LogP contribution in [0.15, 0.2) is 42.5 Å². The fourth-order valence-corrected chi connectivity index (χ4v) is 4.99. The highest BCUT2D eigenvalue weighted by atomic mass is 28.3. The van der Waals surface area contributed by atoms with Crippen LogP contribution in [-0.4, -0.2) is 22.3 Å². The lowest BCUT2D eigenvalue weighted by molar-refractivity contribution is -0.0887. The van der Waals surface area contributed by atoms with Crippen molar-refractivity contribution in [2.75, 3.05) is 7.11 Å². The van der Waals surface area contributed by atoms with Crippen molar-refractivity contribution in [3.63, 3.8) is 0 Å². The molecule has 0 spiro atoms. The Morgan fingerprint density at radius 1 is 1.17 bits per heavy atom. The van der Waals surface area contributed by atoms with Gasteiger partial charge in [-0.05, 0) is 72.3 Å². The summed E-state index contributed by atoms with van der Waals surface area (Å²) in [5.41, 5.74) is 3.40. The molecule has 0 N–H and O–H groups in total.